The van der Waals surface area contributed by atoms with Gasteiger partial charge in [-0.3, -0.25) is 9.78 Å². The monoisotopic (exact) mass is 332 g/mol. The molecule has 1 aliphatic rings. The average molecular weight is 332 g/mol. The zero-order chi connectivity index (χ0) is 15.9. The largest absolute Gasteiger partial charge is 0.346 e. The molecule has 0 atom stereocenters. The van der Waals surface area contributed by atoms with Crippen LogP contribution in [0.4, 0.5) is 0 Å². The first-order chi connectivity index (χ1) is 11.3. The van der Waals surface area contributed by atoms with Crippen LogP contribution in [0.25, 0.3) is 0 Å². The zero-order valence-electron chi connectivity index (χ0n) is 12.9. The van der Waals surface area contributed by atoms with Crippen molar-refractivity contribution in [2.45, 2.75) is 49.5 Å². The van der Waals surface area contributed by atoms with Crippen LogP contribution in [0.15, 0.2) is 33.9 Å². The van der Waals surface area contributed by atoms with Gasteiger partial charge in [-0.05, 0) is 25.0 Å². The van der Waals surface area contributed by atoms with E-state index < -0.39 is 0 Å². The highest BCUT2D eigenvalue weighted by molar-refractivity contribution is 8.00. The van der Waals surface area contributed by atoms with Crippen molar-refractivity contribution >= 4 is 17.7 Å². The molecule has 0 aliphatic heterocycles. The molecule has 0 aromatic carbocycles. The van der Waals surface area contributed by atoms with Gasteiger partial charge in [0, 0.05) is 23.2 Å². The molecule has 2 aromatic rings. The molecule has 0 unspecified atom stereocenters. The first kappa shape index (κ1) is 16.0. The van der Waals surface area contributed by atoms with E-state index in [1.54, 1.807) is 12.4 Å². The van der Waals surface area contributed by atoms with E-state index in [1.165, 1.54) is 31.0 Å². The van der Waals surface area contributed by atoms with E-state index in [-0.39, 0.29) is 12.5 Å². The highest BCUT2D eigenvalue weighted by Crippen LogP contribution is 2.30. The van der Waals surface area contributed by atoms with E-state index >= 15 is 0 Å². The summed E-state index contributed by atoms with van der Waals surface area (Å²) in [5.74, 6) is 1.99. The minimum Gasteiger partial charge on any atom is -0.346 e. The molecule has 23 heavy (non-hydrogen) atoms. The van der Waals surface area contributed by atoms with Crippen LogP contribution < -0.4 is 5.32 Å². The fourth-order valence-corrected chi connectivity index (χ4v) is 3.39. The van der Waals surface area contributed by atoms with Crippen LogP contribution in [0.1, 0.15) is 49.7 Å². The number of hydrogen-bond acceptors (Lipinski definition) is 6. The van der Waals surface area contributed by atoms with E-state index in [0.717, 1.165) is 23.6 Å². The van der Waals surface area contributed by atoms with Crippen molar-refractivity contribution in [2.24, 2.45) is 0 Å². The molecule has 1 aliphatic carbocycles. The Bertz CT molecular complexity index is 626. The molecule has 7 heteroatoms. The number of nitrogens with one attached hydrogen (secondary N) is 1. The molecule has 0 spiro atoms. The van der Waals surface area contributed by atoms with E-state index in [0.29, 0.717) is 17.6 Å². The lowest BCUT2D eigenvalue weighted by Gasteiger charge is -2.17. The maximum atomic E-state index is 11.9. The van der Waals surface area contributed by atoms with E-state index in [9.17, 15) is 4.79 Å². The molecule has 1 fully saturated rings. The van der Waals surface area contributed by atoms with Gasteiger partial charge in [-0.25, -0.2) is 0 Å². The maximum absolute atomic E-state index is 11.9. The lowest BCUT2D eigenvalue weighted by molar-refractivity contribution is -0.118. The molecule has 2 heterocycles. The number of aromatic nitrogens is 3. The van der Waals surface area contributed by atoms with Crippen LogP contribution in [-0.4, -0.2) is 26.8 Å². The highest BCUT2D eigenvalue weighted by atomic mass is 32.2. The average Bonchev–Trinajstić information content (AvgIpc) is 3.09. The van der Waals surface area contributed by atoms with Crippen LogP contribution in [-0.2, 0) is 11.3 Å². The molecule has 1 N–H and O–H groups in total. The van der Waals surface area contributed by atoms with Gasteiger partial charge in [0.2, 0.25) is 11.8 Å². The first-order valence-electron chi connectivity index (χ1n) is 7.93. The van der Waals surface area contributed by atoms with E-state index in [2.05, 4.69) is 20.4 Å². The topological polar surface area (TPSA) is 80.9 Å². The predicted molar refractivity (Wildman–Crippen MR) is 86.9 cm³/mol. The number of pyridine rings is 1. The molecule has 0 bridgehead atoms. The summed E-state index contributed by atoms with van der Waals surface area (Å²) in [7, 11) is 0. The van der Waals surface area contributed by atoms with Gasteiger partial charge in [-0.2, -0.15) is 4.98 Å². The Morgan fingerprint density at radius 1 is 1.26 bits per heavy atom. The number of carbonyl (C=O) groups is 1. The van der Waals surface area contributed by atoms with E-state index in [1.807, 2.05) is 12.1 Å². The number of hydrogen-bond donors (Lipinski definition) is 1. The second kappa shape index (κ2) is 8.10. The summed E-state index contributed by atoms with van der Waals surface area (Å²) in [6, 6.07) is 3.76. The van der Waals surface area contributed by atoms with Gasteiger partial charge in [-0.15, -0.1) is 11.8 Å². The van der Waals surface area contributed by atoms with Crippen LogP contribution >= 0.6 is 11.8 Å². The molecule has 6 nitrogen and oxygen atoms in total. The first-order valence-corrected chi connectivity index (χ1v) is 8.92. The van der Waals surface area contributed by atoms with Crippen LogP contribution in [0, 0.1) is 0 Å². The molecular weight excluding hydrogens is 312 g/mol. The standard InChI is InChI=1S/C16H20N4O2S/c21-14(11-23-13-6-8-17-9-7-13)18-10-15-19-16(20-22-15)12-4-2-1-3-5-12/h6-9,12H,1-5,10-11H2,(H,18,21). The Hall–Kier alpha value is -1.89. The van der Waals surface area contributed by atoms with Gasteiger partial charge in [0.25, 0.3) is 0 Å². The van der Waals surface area contributed by atoms with Gasteiger partial charge in [0.05, 0.1) is 12.3 Å². The summed E-state index contributed by atoms with van der Waals surface area (Å²) in [6.45, 7) is 0.287. The van der Waals surface area contributed by atoms with Crippen molar-refractivity contribution in [3.05, 3.63) is 36.2 Å². The highest BCUT2D eigenvalue weighted by Gasteiger charge is 2.20. The Labute approximate surface area is 139 Å². The number of thioether (sulfide) groups is 1. The number of amides is 1. The van der Waals surface area contributed by atoms with Crippen molar-refractivity contribution in [3.63, 3.8) is 0 Å². The summed E-state index contributed by atoms with van der Waals surface area (Å²) >= 11 is 1.47. The second-order valence-corrected chi connectivity index (χ2v) is 6.68. The van der Waals surface area contributed by atoms with Gasteiger partial charge < -0.3 is 9.84 Å². The van der Waals surface area contributed by atoms with Crippen molar-refractivity contribution < 1.29 is 9.32 Å². The van der Waals surface area contributed by atoms with Crippen molar-refractivity contribution in [2.75, 3.05) is 5.75 Å². The van der Waals surface area contributed by atoms with Crippen LogP contribution in [0.2, 0.25) is 0 Å². The molecule has 3 rings (SSSR count). The number of rotatable bonds is 6. The summed E-state index contributed by atoms with van der Waals surface area (Å²) < 4.78 is 5.24. The third-order valence-electron chi connectivity index (χ3n) is 3.91. The number of carbonyl (C=O) groups excluding carboxylic acids is 1. The van der Waals surface area contributed by atoms with Crippen molar-refractivity contribution in [3.8, 4) is 0 Å². The lowest BCUT2D eigenvalue weighted by atomic mass is 9.89. The zero-order valence-corrected chi connectivity index (χ0v) is 13.7. The molecule has 1 saturated carbocycles. The fraction of sp³-hybridized carbons (Fsp3) is 0.500. The van der Waals surface area contributed by atoms with Gasteiger partial charge >= 0.3 is 0 Å². The van der Waals surface area contributed by atoms with E-state index in [4.69, 9.17) is 4.52 Å². The Kier molecular flexibility index (Phi) is 5.63. The number of nitrogens with zero attached hydrogens (tertiary/aromatic N) is 3. The Morgan fingerprint density at radius 3 is 2.83 bits per heavy atom. The fourth-order valence-electron chi connectivity index (χ4n) is 2.68. The summed E-state index contributed by atoms with van der Waals surface area (Å²) in [5.41, 5.74) is 0. The van der Waals surface area contributed by atoms with Gasteiger partial charge in [-0.1, -0.05) is 24.4 Å². The van der Waals surface area contributed by atoms with Crippen molar-refractivity contribution in [1.82, 2.24) is 20.4 Å². The predicted octanol–water partition coefficient (Wildman–Crippen LogP) is 2.92. The summed E-state index contributed by atoms with van der Waals surface area (Å²) in [5, 5.41) is 6.88. The minimum atomic E-state index is -0.0516. The van der Waals surface area contributed by atoms with Crippen LogP contribution in [0.3, 0.4) is 0 Å². The quantitative estimate of drug-likeness (QED) is 0.819. The molecule has 0 radical (unpaired) electrons. The molecule has 1 amide bonds. The van der Waals surface area contributed by atoms with Gasteiger partial charge in [0.15, 0.2) is 5.82 Å². The summed E-state index contributed by atoms with van der Waals surface area (Å²) in [6.07, 6.45) is 9.46. The lowest BCUT2D eigenvalue weighted by Crippen LogP contribution is -2.24. The smallest absolute Gasteiger partial charge is 0.246 e. The normalized spacial score (nSPS) is 15.5. The summed E-state index contributed by atoms with van der Waals surface area (Å²) in [4.78, 5) is 21.2. The Morgan fingerprint density at radius 2 is 2.04 bits per heavy atom. The molecular formula is C16H20N4O2S. The third kappa shape index (κ3) is 4.79. The van der Waals surface area contributed by atoms with Crippen LogP contribution in [0.5, 0.6) is 0 Å². The van der Waals surface area contributed by atoms with Gasteiger partial charge in [0.1, 0.15) is 0 Å². The second-order valence-electron chi connectivity index (χ2n) is 5.63. The molecule has 2 aromatic heterocycles. The molecule has 0 saturated heterocycles. The minimum absolute atomic E-state index is 0.0516. The SMILES string of the molecule is O=C(CSc1ccncc1)NCc1nc(C2CCCCC2)no1. The molecule has 122 valence electrons. The van der Waals surface area contributed by atoms with Crippen molar-refractivity contribution in [1.29, 1.82) is 0 Å². The third-order valence-corrected chi connectivity index (χ3v) is 4.92. The Balaban J connectivity index is 1.43. The maximum Gasteiger partial charge on any atom is 0.246 e.